The van der Waals surface area contributed by atoms with E-state index in [1.807, 2.05) is 4.90 Å². The second-order valence-electron chi connectivity index (χ2n) is 6.00. The minimum absolute atomic E-state index is 0.0919. The van der Waals surface area contributed by atoms with Gasteiger partial charge in [0.2, 0.25) is 0 Å². The molecule has 0 aliphatic carbocycles. The van der Waals surface area contributed by atoms with Gasteiger partial charge in [0.1, 0.15) is 24.2 Å². The molecule has 1 fully saturated rings. The highest BCUT2D eigenvalue weighted by Gasteiger charge is 2.21. The van der Waals surface area contributed by atoms with Gasteiger partial charge in [-0.15, -0.1) is 0 Å². The first kappa shape index (κ1) is 15.6. The standard InChI is InChI=1S/C17H21FN4O/c1-2-13-4-3-8-21(9-7-13)17(23)14-5-6-16(15(18)10-14)22-12-19-11-20-22/h5-6,10-13H,2-4,7-9H2,1H3/t13-/m1/s1. The van der Waals surface area contributed by atoms with Crippen molar-refractivity contribution in [3.8, 4) is 5.69 Å². The largest absolute Gasteiger partial charge is 0.339 e. The number of hydrogen-bond acceptors (Lipinski definition) is 3. The first-order valence-corrected chi connectivity index (χ1v) is 8.13. The van der Waals surface area contributed by atoms with E-state index >= 15 is 0 Å². The molecule has 1 aliphatic rings. The summed E-state index contributed by atoms with van der Waals surface area (Å²) in [7, 11) is 0. The van der Waals surface area contributed by atoms with Crippen LogP contribution in [0.15, 0.2) is 30.9 Å². The summed E-state index contributed by atoms with van der Waals surface area (Å²) in [6.07, 6.45) is 7.15. The number of aromatic nitrogens is 3. The highest BCUT2D eigenvalue weighted by molar-refractivity contribution is 5.94. The summed E-state index contributed by atoms with van der Waals surface area (Å²) < 4.78 is 15.6. The zero-order valence-electron chi connectivity index (χ0n) is 13.3. The molecule has 6 heteroatoms. The maximum atomic E-state index is 14.3. The second kappa shape index (κ2) is 6.89. The molecule has 5 nitrogen and oxygen atoms in total. The Hall–Kier alpha value is -2.24. The molecule has 1 amide bonds. The molecular formula is C17H21FN4O. The summed E-state index contributed by atoms with van der Waals surface area (Å²) in [6, 6.07) is 4.52. The van der Waals surface area contributed by atoms with Gasteiger partial charge in [0.05, 0.1) is 0 Å². The molecule has 0 saturated carbocycles. The molecule has 2 aromatic rings. The summed E-state index contributed by atoms with van der Waals surface area (Å²) in [4.78, 5) is 18.3. The summed E-state index contributed by atoms with van der Waals surface area (Å²) in [5, 5.41) is 3.91. The van der Waals surface area contributed by atoms with Crippen LogP contribution in [0.5, 0.6) is 0 Å². The highest BCUT2D eigenvalue weighted by Crippen LogP contribution is 2.22. The van der Waals surface area contributed by atoms with Crippen molar-refractivity contribution in [3.63, 3.8) is 0 Å². The lowest BCUT2D eigenvalue weighted by Gasteiger charge is -2.21. The van der Waals surface area contributed by atoms with Gasteiger partial charge >= 0.3 is 0 Å². The number of halogens is 1. The number of benzene rings is 1. The van der Waals surface area contributed by atoms with Gasteiger partial charge in [-0.3, -0.25) is 4.79 Å². The minimum atomic E-state index is -0.470. The topological polar surface area (TPSA) is 51.0 Å². The van der Waals surface area contributed by atoms with Gasteiger partial charge in [-0.2, -0.15) is 5.10 Å². The number of carbonyl (C=O) groups is 1. The number of nitrogens with zero attached hydrogens (tertiary/aromatic N) is 4. The Morgan fingerprint density at radius 3 is 2.91 bits per heavy atom. The Bertz CT molecular complexity index is 671. The first-order valence-electron chi connectivity index (χ1n) is 8.13. The maximum absolute atomic E-state index is 14.3. The van der Waals surface area contributed by atoms with E-state index in [1.54, 1.807) is 12.1 Å². The fourth-order valence-electron chi connectivity index (χ4n) is 3.12. The molecule has 1 aliphatic heterocycles. The predicted octanol–water partition coefficient (Wildman–Crippen LogP) is 3.06. The molecule has 1 atom stereocenters. The SMILES string of the molecule is CC[C@@H]1CCCN(C(=O)c2ccc(-n3cncn3)c(F)c2)CC1. The van der Waals surface area contributed by atoms with Gasteiger partial charge in [-0.1, -0.05) is 13.3 Å². The average molecular weight is 316 g/mol. The van der Waals surface area contributed by atoms with E-state index < -0.39 is 5.82 Å². The van der Waals surface area contributed by atoms with Gasteiger partial charge in [0.25, 0.3) is 5.91 Å². The lowest BCUT2D eigenvalue weighted by molar-refractivity contribution is 0.0759. The molecule has 23 heavy (non-hydrogen) atoms. The third-order valence-corrected chi connectivity index (χ3v) is 4.57. The summed E-state index contributed by atoms with van der Waals surface area (Å²) in [5.41, 5.74) is 0.683. The normalized spacial score (nSPS) is 18.7. The molecule has 1 aromatic heterocycles. The van der Waals surface area contributed by atoms with Crippen LogP contribution < -0.4 is 0 Å². The molecule has 122 valence electrons. The third kappa shape index (κ3) is 3.41. The molecule has 0 bridgehead atoms. The summed E-state index contributed by atoms with van der Waals surface area (Å²) >= 11 is 0. The number of rotatable bonds is 3. The van der Waals surface area contributed by atoms with E-state index in [-0.39, 0.29) is 5.91 Å². The van der Waals surface area contributed by atoms with Crippen LogP contribution in [0.2, 0.25) is 0 Å². The molecule has 3 rings (SSSR count). The summed E-state index contributed by atoms with van der Waals surface area (Å²) in [5.74, 6) is 0.132. The van der Waals surface area contributed by atoms with Crippen LogP contribution in [0.1, 0.15) is 43.0 Å². The zero-order chi connectivity index (χ0) is 16.2. The molecular weight excluding hydrogens is 295 g/mol. The van der Waals surface area contributed by atoms with Crippen molar-refractivity contribution in [1.29, 1.82) is 0 Å². The fourth-order valence-corrected chi connectivity index (χ4v) is 3.12. The van der Waals surface area contributed by atoms with Crippen molar-refractivity contribution in [2.75, 3.05) is 13.1 Å². The Labute approximate surface area is 135 Å². The Morgan fingerprint density at radius 1 is 1.35 bits per heavy atom. The molecule has 1 aromatic carbocycles. The predicted molar refractivity (Wildman–Crippen MR) is 84.9 cm³/mol. The maximum Gasteiger partial charge on any atom is 0.253 e. The van der Waals surface area contributed by atoms with E-state index in [9.17, 15) is 9.18 Å². The van der Waals surface area contributed by atoms with E-state index in [0.717, 1.165) is 32.4 Å². The number of likely N-dealkylation sites (tertiary alicyclic amines) is 1. The van der Waals surface area contributed by atoms with Crippen molar-refractivity contribution in [2.45, 2.75) is 32.6 Å². The number of amides is 1. The van der Waals surface area contributed by atoms with Gasteiger partial charge in [-0.25, -0.2) is 14.1 Å². The van der Waals surface area contributed by atoms with E-state index in [0.29, 0.717) is 17.2 Å². The zero-order valence-corrected chi connectivity index (χ0v) is 13.3. The Morgan fingerprint density at radius 2 is 2.22 bits per heavy atom. The third-order valence-electron chi connectivity index (χ3n) is 4.57. The van der Waals surface area contributed by atoms with Crippen LogP contribution in [-0.2, 0) is 0 Å². The van der Waals surface area contributed by atoms with Gasteiger partial charge in [-0.05, 0) is 43.4 Å². The number of carbonyl (C=O) groups excluding carboxylic acids is 1. The molecule has 1 saturated heterocycles. The van der Waals surface area contributed by atoms with Gasteiger partial charge in [0, 0.05) is 18.7 Å². The molecule has 0 unspecified atom stereocenters. The van der Waals surface area contributed by atoms with Gasteiger partial charge < -0.3 is 4.90 Å². The lowest BCUT2D eigenvalue weighted by Crippen LogP contribution is -2.32. The van der Waals surface area contributed by atoms with Crippen LogP contribution >= 0.6 is 0 Å². The lowest BCUT2D eigenvalue weighted by atomic mass is 9.98. The van der Waals surface area contributed by atoms with Crippen LogP contribution in [0.25, 0.3) is 5.69 Å². The van der Waals surface area contributed by atoms with Crippen molar-refractivity contribution in [3.05, 3.63) is 42.2 Å². The first-order chi connectivity index (χ1) is 11.2. The molecule has 0 radical (unpaired) electrons. The Balaban J connectivity index is 1.76. The van der Waals surface area contributed by atoms with Crippen molar-refractivity contribution in [1.82, 2.24) is 19.7 Å². The molecule has 0 N–H and O–H groups in total. The Kier molecular flexibility index (Phi) is 4.69. The monoisotopic (exact) mass is 316 g/mol. The van der Waals surface area contributed by atoms with Crippen LogP contribution in [0.3, 0.4) is 0 Å². The van der Waals surface area contributed by atoms with E-state index in [4.69, 9.17) is 0 Å². The quantitative estimate of drug-likeness (QED) is 0.874. The fraction of sp³-hybridized carbons (Fsp3) is 0.471. The minimum Gasteiger partial charge on any atom is -0.339 e. The average Bonchev–Trinajstić information content (AvgIpc) is 2.98. The smallest absolute Gasteiger partial charge is 0.253 e. The molecule has 2 heterocycles. The van der Waals surface area contributed by atoms with Crippen molar-refractivity contribution < 1.29 is 9.18 Å². The van der Waals surface area contributed by atoms with Crippen molar-refractivity contribution >= 4 is 5.91 Å². The van der Waals surface area contributed by atoms with E-state index in [1.165, 1.54) is 29.8 Å². The highest BCUT2D eigenvalue weighted by atomic mass is 19.1. The van der Waals surface area contributed by atoms with Gasteiger partial charge in [0.15, 0.2) is 0 Å². The second-order valence-corrected chi connectivity index (χ2v) is 6.00. The van der Waals surface area contributed by atoms with Crippen LogP contribution in [-0.4, -0.2) is 38.7 Å². The van der Waals surface area contributed by atoms with E-state index in [2.05, 4.69) is 17.0 Å². The van der Waals surface area contributed by atoms with Crippen molar-refractivity contribution in [2.24, 2.45) is 5.92 Å². The summed E-state index contributed by atoms with van der Waals surface area (Å²) in [6.45, 7) is 3.70. The number of hydrogen-bond donors (Lipinski definition) is 0. The van der Waals surface area contributed by atoms with Crippen LogP contribution in [0, 0.1) is 11.7 Å². The van der Waals surface area contributed by atoms with Crippen LogP contribution in [0.4, 0.5) is 4.39 Å². The molecule has 0 spiro atoms.